The number of carboxylic acid groups (broad SMARTS) is 1. The maximum absolute atomic E-state index is 12.1. The molecule has 0 saturated heterocycles. The van der Waals surface area contributed by atoms with E-state index in [-0.39, 0.29) is 17.8 Å². The molecule has 0 heterocycles. The average molecular weight is 377 g/mol. The summed E-state index contributed by atoms with van der Waals surface area (Å²) in [6.07, 6.45) is 3.72. The summed E-state index contributed by atoms with van der Waals surface area (Å²) in [7, 11) is 0. The van der Waals surface area contributed by atoms with Crippen LogP contribution in [-0.2, 0) is 9.59 Å². The number of nitro benzene ring substituents is 1. The minimum Gasteiger partial charge on any atom is -0.481 e. The van der Waals surface area contributed by atoms with Crippen LogP contribution in [0.1, 0.15) is 48.0 Å². The lowest BCUT2D eigenvalue weighted by Gasteiger charge is -2.23. The predicted octanol–water partition coefficient (Wildman–Crippen LogP) is 1.78. The van der Waals surface area contributed by atoms with Crippen LogP contribution in [0, 0.1) is 23.0 Å². The van der Waals surface area contributed by atoms with Gasteiger partial charge in [0.25, 0.3) is 11.6 Å². The Morgan fingerprint density at radius 2 is 1.93 bits per heavy atom. The van der Waals surface area contributed by atoms with Crippen molar-refractivity contribution in [1.82, 2.24) is 10.6 Å². The van der Waals surface area contributed by atoms with Crippen molar-refractivity contribution in [2.75, 3.05) is 6.54 Å². The molecule has 3 N–H and O–H groups in total. The standard InChI is InChI=1S/C18H23N3O6/c1-11-9-12(7-8-15(11)21(26)27)17(23)19-10-16(22)20-14-6-4-2-3-5-13(14)18(24)25/h7-9,13-14H,2-6,10H2,1H3,(H,19,23)(H,20,22)(H,24,25)/t13-,14+/m1/s1. The summed E-state index contributed by atoms with van der Waals surface area (Å²) in [4.78, 5) is 45.9. The number of aryl methyl sites for hydroxylation is 1. The molecule has 9 heteroatoms. The van der Waals surface area contributed by atoms with E-state index < -0.39 is 34.7 Å². The molecule has 2 atom stereocenters. The van der Waals surface area contributed by atoms with Crippen LogP contribution in [0.25, 0.3) is 0 Å². The van der Waals surface area contributed by atoms with Crippen LogP contribution in [0.2, 0.25) is 0 Å². The number of benzene rings is 1. The maximum atomic E-state index is 12.1. The lowest BCUT2D eigenvalue weighted by molar-refractivity contribution is -0.385. The zero-order valence-corrected chi connectivity index (χ0v) is 15.1. The maximum Gasteiger partial charge on any atom is 0.308 e. The van der Waals surface area contributed by atoms with Gasteiger partial charge in [-0.2, -0.15) is 0 Å². The summed E-state index contributed by atoms with van der Waals surface area (Å²) >= 11 is 0. The monoisotopic (exact) mass is 377 g/mol. The molecule has 2 amide bonds. The second-order valence-corrected chi connectivity index (χ2v) is 6.70. The third kappa shape index (κ3) is 5.50. The van der Waals surface area contributed by atoms with Gasteiger partial charge in [0, 0.05) is 23.2 Å². The molecular weight excluding hydrogens is 354 g/mol. The molecule has 0 spiro atoms. The van der Waals surface area contributed by atoms with E-state index in [1.54, 1.807) is 0 Å². The summed E-state index contributed by atoms with van der Waals surface area (Å²) in [6.45, 7) is 1.23. The first kappa shape index (κ1) is 20.3. The molecular formula is C18H23N3O6. The number of nitrogens with zero attached hydrogens (tertiary/aromatic N) is 1. The van der Waals surface area contributed by atoms with Gasteiger partial charge in [-0.3, -0.25) is 24.5 Å². The van der Waals surface area contributed by atoms with Crippen molar-refractivity contribution in [3.05, 3.63) is 39.4 Å². The molecule has 0 aromatic heterocycles. The van der Waals surface area contributed by atoms with Gasteiger partial charge in [-0.25, -0.2) is 0 Å². The fraction of sp³-hybridized carbons (Fsp3) is 0.500. The van der Waals surface area contributed by atoms with Gasteiger partial charge < -0.3 is 15.7 Å². The normalized spacial score (nSPS) is 19.6. The Morgan fingerprint density at radius 3 is 2.56 bits per heavy atom. The first-order valence-electron chi connectivity index (χ1n) is 8.85. The highest BCUT2D eigenvalue weighted by molar-refractivity contribution is 5.97. The number of carbonyl (C=O) groups excluding carboxylic acids is 2. The smallest absolute Gasteiger partial charge is 0.308 e. The molecule has 1 saturated carbocycles. The van der Waals surface area contributed by atoms with Crippen LogP contribution in [0.3, 0.4) is 0 Å². The SMILES string of the molecule is Cc1cc(C(=O)NCC(=O)N[C@H]2CCCCC[C@H]2C(=O)O)ccc1[N+](=O)[O-]. The molecule has 1 aliphatic rings. The second-order valence-electron chi connectivity index (χ2n) is 6.70. The van der Waals surface area contributed by atoms with Crippen molar-refractivity contribution < 1.29 is 24.4 Å². The molecule has 27 heavy (non-hydrogen) atoms. The predicted molar refractivity (Wildman–Crippen MR) is 96.3 cm³/mol. The van der Waals surface area contributed by atoms with Gasteiger partial charge in [0.1, 0.15) is 0 Å². The van der Waals surface area contributed by atoms with Crippen molar-refractivity contribution in [2.24, 2.45) is 5.92 Å². The Morgan fingerprint density at radius 1 is 1.22 bits per heavy atom. The Kier molecular flexibility index (Phi) is 6.86. The van der Waals surface area contributed by atoms with Gasteiger partial charge in [-0.1, -0.05) is 19.3 Å². The number of aliphatic carboxylic acids is 1. The van der Waals surface area contributed by atoms with Gasteiger partial charge in [-0.15, -0.1) is 0 Å². The molecule has 1 aromatic carbocycles. The third-order valence-electron chi connectivity index (χ3n) is 4.74. The van der Waals surface area contributed by atoms with Crippen molar-refractivity contribution in [3.8, 4) is 0 Å². The number of rotatable bonds is 6. The summed E-state index contributed by atoms with van der Waals surface area (Å²) in [5, 5.41) is 25.3. The molecule has 1 aromatic rings. The molecule has 1 fully saturated rings. The van der Waals surface area contributed by atoms with Crippen LogP contribution < -0.4 is 10.6 Å². The molecule has 146 valence electrons. The Bertz CT molecular complexity index is 749. The highest BCUT2D eigenvalue weighted by atomic mass is 16.6. The highest BCUT2D eigenvalue weighted by Gasteiger charge is 2.30. The van der Waals surface area contributed by atoms with E-state index in [1.165, 1.54) is 25.1 Å². The Balaban J connectivity index is 1.92. The quantitative estimate of drug-likeness (QED) is 0.392. The Hall–Kier alpha value is -2.97. The summed E-state index contributed by atoms with van der Waals surface area (Å²) in [5.74, 6) is -2.53. The minimum atomic E-state index is -0.924. The number of nitrogens with one attached hydrogen (secondary N) is 2. The number of carbonyl (C=O) groups is 3. The molecule has 0 radical (unpaired) electrons. The number of carboxylic acids is 1. The van der Waals surface area contributed by atoms with Gasteiger partial charge in [-0.05, 0) is 31.9 Å². The summed E-state index contributed by atoms with van der Waals surface area (Å²) in [6, 6.07) is 3.50. The first-order valence-corrected chi connectivity index (χ1v) is 8.85. The average Bonchev–Trinajstić information content (AvgIpc) is 2.84. The molecule has 2 rings (SSSR count). The largest absolute Gasteiger partial charge is 0.481 e. The van der Waals surface area contributed by atoms with Crippen molar-refractivity contribution in [1.29, 1.82) is 0 Å². The minimum absolute atomic E-state index is 0.0858. The Labute approximate surface area is 156 Å². The van der Waals surface area contributed by atoms with Crippen molar-refractivity contribution in [2.45, 2.75) is 45.1 Å². The lowest BCUT2D eigenvalue weighted by atomic mass is 9.95. The van der Waals surface area contributed by atoms with Gasteiger partial charge in [0.05, 0.1) is 17.4 Å². The molecule has 9 nitrogen and oxygen atoms in total. The number of hydrogen-bond acceptors (Lipinski definition) is 5. The highest BCUT2D eigenvalue weighted by Crippen LogP contribution is 2.24. The lowest BCUT2D eigenvalue weighted by Crippen LogP contribution is -2.46. The summed E-state index contributed by atoms with van der Waals surface area (Å²) in [5.41, 5.74) is 0.473. The zero-order chi connectivity index (χ0) is 20.0. The summed E-state index contributed by atoms with van der Waals surface area (Å²) < 4.78 is 0. The van der Waals surface area contributed by atoms with Crippen molar-refractivity contribution >= 4 is 23.5 Å². The number of hydrogen-bond donors (Lipinski definition) is 3. The van der Waals surface area contributed by atoms with Crippen LogP contribution in [0.4, 0.5) is 5.69 Å². The number of nitro groups is 1. The van der Waals surface area contributed by atoms with E-state index in [9.17, 15) is 29.6 Å². The zero-order valence-electron chi connectivity index (χ0n) is 15.1. The number of amides is 2. The van der Waals surface area contributed by atoms with Crippen LogP contribution in [0.5, 0.6) is 0 Å². The topological polar surface area (TPSA) is 139 Å². The second kappa shape index (κ2) is 9.11. The molecule has 0 aliphatic heterocycles. The fourth-order valence-electron chi connectivity index (χ4n) is 3.30. The fourth-order valence-corrected chi connectivity index (χ4v) is 3.30. The van der Waals surface area contributed by atoms with E-state index in [4.69, 9.17) is 0 Å². The van der Waals surface area contributed by atoms with E-state index in [2.05, 4.69) is 10.6 Å². The van der Waals surface area contributed by atoms with Crippen LogP contribution >= 0.6 is 0 Å². The van der Waals surface area contributed by atoms with E-state index in [1.807, 2.05) is 0 Å². The van der Waals surface area contributed by atoms with Crippen LogP contribution in [-0.4, -0.2) is 40.4 Å². The van der Waals surface area contributed by atoms with Crippen molar-refractivity contribution in [3.63, 3.8) is 0 Å². The molecule has 0 bridgehead atoms. The third-order valence-corrected chi connectivity index (χ3v) is 4.74. The van der Waals surface area contributed by atoms with E-state index in [0.29, 0.717) is 18.4 Å². The molecule has 0 unspecified atom stereocenters. The van der Waals surface area contributed by atoms with Gasteiger partial charge in [0.2, 0.25) is 5.91 Å². The van der Waals surface area contributed by atoms with Crippen LogP contribution in [0.15, 0.2) is 18.2 Å². The van der Waals surface area contributed by atoms with E-state index >= 15 is 0 Å². The first-order chi connectivity index (χ1) is 12.8. The van der Waals surface area contributed by atoms with Gasteiger partial charge in [0.15, 0.2) is 0 Å². The van der Waals surface area contributed by atoms with Gasteiger partial charge >= 0.3 is 5.97 Å². The molecule has 1 aliphatic carbocycles. The van der Waals surface area contributed by atoms with E-state index in [0.717, 1.165) is 19.3 Å².